The maximum absolute atomic E-state index is 10.8. The normalized spacial score (nSPS) is 53.7. The molecular weight excluding hydrogens is 452 g/mol. The van der Waals surface area contributed by atoms with Crippen molar-refractivity contribution in [1.82, 2.24) is 0 Å². The highest BCUT2D eigenvalue weighted by Gasteiger charge is 2.52. The summed E-state index contributed by atoms with van der Waals surface area (Å²) in [5.74, 6) is 0. The van der Waals surface area contributed by atoms with E-state index in [1.165, 1.54) is 21.0 Å². The van der Waals surface area contributed by atoms with Crippen molar-refractivity contribution in [1.29, 1.82) is 0 Å². The molecule has 3 rings (SSSR count). The Kier molecular flexibility index (Phi) is 9.02. The molecule has 0 aliphatic carbocycles. The van der Waals surface area contributed by atoms with Gasteiger partial charge in [0, 0.05) is 7.11 Å². The Bertz CT molecular complexity index is 621. The number of hydrogen-bond acceptors (Lipinski definition) is 14. The second-order valence-electron chi connectivity index (χ2n) is 8.52. The van der Waals surface area contributed by atoms with E-state index in [0.29, 0.717) is 0 Å². The molecule has 3 fully saturated rings. The topological polar surface area (TPSA) is 217 Å². The van der Waals surface area contributed by atoms with Crippen molar-refractivity contribution in [2.75, 3.05) is 13.7 Å². The van der Waals surface area contributed by atoms with E-state index >= 15 is 0 Å². The molecule has 8 N–H and O–H groups in total. The third-order valence-corrected chi connectivity index (χ3v) is 6.23. The summed E-state index contributed by atoms with van der Waals surface area (Å²) in [5.41, 5.74) is 0. The van der Waals surface area contributed by atoms with Gasteiger partial charge in [0.1, 0.15) is 61.0 Å². The van der Waals surface area contributed by atoms with Crippen LogP contribution in [-0.2, 0) is 28.4 Å². The summed E-state index contributed by atoms with van der Waals surface area (Å²) in [6.45, 7) is 2.30. The smallest absolute Gasteiger partial charge is 0.187 e. The monoisotopic (exact) mass is 486 g/mol. The summed E-state index contributed by atoms with van der Waals surface area (Å²) in [4.78, 5) is 0. The predicted molar refractivity (Wildman–Crippen MR) is 103 cm³/mol. The van der Waals surface area contributed by atoms with Gasteiger partial charge in [-0.1, -0.05) is 0 Å². The fraction of sp³-hybridized carbons (Fsp3) is 1.00. The number of rotatable bonds is 6. The van der Waals surface area contributed by atoms with E-state index < -0.39 is 98.7 Å². The summed E-state index contributed by atoms with van der Waals surface area (Å²) >= 11 is 0. The first kappa shape index (κ1) is 27.0. The van der Waals surface area contributed by atoms with Crippen LogP contribution in [0.4, 0.5) is 0 Å². The maximum Gasteiger partial charge on any atom is 0.187 e. The van der Waals surface area contributed by atoms with Crippen molar-refractivity contribution >= 4 is 0 Å². The number of aliphatic hydroxyl groups is 8. The quantitative estimate of drug-likeness (QED) is 0.177. The number of aliphatic hydroxyl groups excluding tert-OH is 8. The van der Waals surface area contributed by atoms with Crippen LogP contribution in [0.25, 0.3) is 0 Å². The molecule has 0 radical (unpaired) electrons. The Labute approximate surface area is 189 Å². The highest BCUT2D eigenvalue weighted by Crippen LogP contribution is 2.32. The van der Waals surface area contributed by atoms with Crippen molar-refractivity contribution in [2.24, 2.45) is 0 Å². The van der Waals surface area contributed by atoms with Crippen LogP contribution < -0.4 is 0 Å². The second kappa shape index (κ2) is 11.0. The molecule has 3 heterocycles. The molecule has 3 saturated heterocycles. The Balaban J connectivity index is 1.75. The largest absolute Gasteiger partial charge is 0.394 e. The second-order valence-corrected chi connectivity index (χ2v) is 8.52. The van der Waals surface area contributed by atoms with Crippen LogP contribution in [0.1, 0.15) is 13.8 Å². The maximum atomic E-state index is 10.8. The van der Waals surface area contributed by atoms with Crippen LogP contribution >= 0.6 is 0 Å². The molecule has 14 heteroatoms. The molecule has 3 aliphatic rings. The van der Waals surface area contributed by atoms with Gasteiger partial charge in [-0.15, -0.1) is 0 Å². The molecule has 194 valence electrons. The lowest BCUT2D eigenvalue weighted by atomic mass is 9.96. The first-order chi connectivity index (χ1) is 15.5. The molecule has 33 heavy (non-hydrogen) atoms. The Morgan fingerprint density at radius 2 is 1.12 bits per heavy atom. The van der Waals surface area contributed by atoms with Crippen molar-refractivity contribution in [3.63, 3.8) is 0 Å². The minimum Gasteiger partial charge on any atom is -0.394 e. The van der Waals surface area contributed by atoms with Crippen molar-refractivity contribution in [3.8, 4) is 0 Å². The molecule has 14 nitrogen and oxygen atoms in total. The van der Waals surface area contributed by atoms with Crippen molar-refractivity contribution in [2.45, 2.75) is 106 Å². The van der Waals surface area contributed by atoms with Gasteiger partial charge < -0.3 is 69.3 Å². The van der Waals surface area contributed by atoms with E-state index in [9.17, 15) is 40.9 Å². The van der Waals surface area contributed by atoms with Crippen molar-refractivity contribution in [3.05, 3.63) is 0 Å². The van der Waals surface area contributed by atoms with Gasteiger partial charge in [-0.25, -0.2) is 0 Å². The Morgan fingerprint density at radius 3 is 1.73 bits per heavy atom. The van der Waals surface area contributed by atoms with Crippen LogP contribution in [0.2, 0.25) is 0 Å². The molecule has 3 aliphatic heterocycles. The summed E-state index contributed by atoms with van der Waals surface area (Å²) in [5, 5.41) is 81.3. The van der Waals surface area contributed by atoms with Crippen LogP contribution in [0.15, 0.2) is 0 Å². The van der Waals surface area contributed by atoms with E-state index in [4.69, 9.17) is 28.4 Å². The fourth-order valence-corrected chi connectivity index (χ4v) is 4.10. The zero-order valence-electron chi connectivity index (χ0n) is 18.4. The van der Waals surface area contributed by atoms with Crippen LogP contribution in [-0.4, -0.2) is 147 Å². The predicted octanol–water partition coefficient (Wildman–Crippen LogP) is -4.86. The van der Waals surface area contributed by atoms with Crippen LogP contribution in [0, 0.1) is 0 Å². The summed E-state index contributed by atoms with van der Waals surface area (Å²) in [6, 6.07) is 0. The average Bonchev–Trinajstić information content (AvgIpc) is 2.79. The van der Waals surface area contributed by atoms with Gasteiger partial charge in [-0.2, -0.15) is 0 Å². The average molecular weight is 486 g/mol. The highest BCUT2D eigenvalue weighted by atomic mass is 16.8. The van der Waals surface area contributed by atoms with E-state index in [-0.39, 0.29) is 0 Å². The molecule has 0 saturated carbocycles. The first-order valence-electron chi connectivity index (χ1n) is 10.7. The molecule has 0 aromatic heterocycles. The third kappa shape index (κ3) is 5.34. The summed E-state index contributed by atoms with van der Waals surface area (Å²) in [6.07, 6.45) is -21.0. The van der Waals surface area contributed by atoms with Gasteiger partial charge >= 0.3 is 0 Å². The number of ether oxygens (including phenoxy) is 6. The molecule has 15 atom stereocenters. The summed E-state index contributed by atoms with van der Waals surface area (Å²) in [7, 11) is 1.30. The van der Waals surface area contributed by atoms with Crippen LogP contribution in [0.5, 0.6) is 0 Å². The molecule has 0 bridgehead atoms. The molecule has 0 aromatic rings. The van der Waals surface area contributed by atoms with E-state index in [0.717, 1.165) is 0 Å². The molecule has 0 amide bonds. The van der Waals surface area contributed by atoms with Gasteiger partial charge in [0.2, 0.25) is 0 Å². The third-order valence-electron chi connectivity index (χ3n) is 6.23. The minimum atomic E-state index is -1.76. The lowest BCUT2D eigenvalue weighted by Gasteiger charge is -2.47. The van der Waals surface area contributed by atoms with E-state index in [1.807, 2.05) is 0 Å². The zero-order chi connectivity index (χ0) is 24.6. The lowest BCUT2D eigenvalue weighted by molar-refractivity contribution is -0.380. The van der Waals surface area contributed by atoms with Crippen LogP contribution in [0.3, 0.4) is 0 Å². The number of hydrogen-bond donors (Lipinski definition) is 8. The number of methoxy groups -OCH3 is 1. The van der Waals surface area contributed by atoms with Gasteiger partial charge in [-0.05, 0) is 13.8 Å². The van der Waals surface area contributed by atoms with E-state index in [2.05, 4.69) is 0 Å². The molecule has 0 aromatic carbocycles. The van der Waals surface area contributed by atoms with Crippen molar-refractivity contribution < 1.29 is 69.3 Å². The first-order valence-corrected chi connectivity index (χ1v) is 10.7. The van der Waals surface area contributed by atoms with Gasteiger partial charge in [0.25, 0.3) is 0 Å². The SMILES string of the molecule is COC1OC(C)C(O)C(O)C1OC1OC(C)C(O)C(OC2OC(CO)C(O)C(O)C2O)C1O. The van der Waals surface area contributed by atoms with E-state index in [1.54, 1.807) is 0 Å². The molecular formula is C19H34O14. The minimum absolute atomic E-state index is 0.690. The van der Waals surface area contributed by atoms with Gasteiger partial charge in [0.15, 0.2) is 18.9 Å². The van der Waals surface area contributed by atoms with Gasteiger partial charge in [0.05, 0.1) is 18.8 Å². The summed E-state index contributed by atoms with van der Waals surface area (Å²) < 4.78 is 32.6. The van der Waals surface area contributed by atoms with Gasteiger partial charge in [-0.3, -0.25) is 0 Å². The molecule has 0 spiro atoms. The standard InChI is InChI=1S/C19H34O14/c1-5-8(21)12(25)16(19(28-3)30-5)33-18-14(27)15(9(22)6(2)29-18)32-17-13(26)11(24)10(23)7(4-20)31-17/h5-27H,4H2,1-3H3. The Morgan fingerprint density at radius 1 is 0.576 bits per heavy atom. The lowest BCUT2D eigenvalue weighted by Crippen LogP contribution is -2.65. The zero-order valence-corrected chi connectivity index (χ0v) is 18.4. The fourth-order valence-electron chi connectivity index (χ4n) is 4.10. The Hall–Kier alpha value is -0.560. The molecule has 15 unspecified atom stereocenters. The highest BCUT2D eigenvalue weighted by molar-refractivity contribution is 4.95.